The van der Waals surface area contributed by atoms with Crippen LogP contribution in [0.3, 0.4) is 0 Å². The summed E-state index contributed by atoms with van der Waals surface area (Å²) in [6.07, 6.45) is 1.88. The Morgan fingerprint density at radius 3 is 2.90 bits per heavy atom. The fourth-order valence-corrected chi connectivity index (χ4v) is 2.54. The standard InChI is InChI=1S/C14H14N4OS/c19-14(16-10-13-5-3-7-20-13)15-9-11-8-12-4-1-2-6-18(12)17-11/h1-8H,9-10H2,(H2,15,16,19). The molecule has 3 heterocycles. The minimum atomic E-state index is -0.185. The highest BCUT2D eigenvalue weighted by molar-refractivity contribution is 7.09. The molecule has 0 saturated carbocycles. The van der Waals surface area contributed by atoms with Gasteiger partial charge in [-0.2, -0.15) is 5.10 Å². The maximum atomic E-state index is 11.7. The minimum Gasteiger partial charge on any atom is -0.333 e. The van der Waals surface area contributed by atoms with Crippen molar-refractivity contribution in [1.82, 2.24) is 20.2 Å². The summed E-state index contributed by atoms with van der Waals surface area (Å²) in [5, 5.41) is 12.0. The molecular weight excluding hydrogens is 272 g/mol. The predicted octanol–water partition coefficient (Wildman–Crippen LogP) is 2.40. The number of rotatable bonds is 4. The first-order valence-electron chi connectivity index (χ1n) is 6.28. The number of amides is 2. The molecule has 6 heteroatoms. The van der Waals surface area contributed by atoms with E-state index in [1.165, 1.54) is 0 Å². The number of nitrogens with one attached hydrogen (secondary N) is 2. The van der Waals surface area contributed by atoms with Crippen LogP contribution in [-0.4, -0.2) is 15.6 Å². The topological polar surface area (TPSA) is 58.4 Å². The first kappa shape index (κ1) is 12.7. The molecule has 3 aromatic rings. The van der Waals surface area contributed by atoms with Crippen LogP contribution in [0.2, 0.25) is 0 Å². The molecule has 2 N–H and O–H groups in total. The van der Waals surface area contributed by atoms with Crippen LogP contribution in [0.25, 0.3) is 5.52 Å². The molecule has 0 aliphatic carbocycles. The number of thiophene rings is 1. The smallest absolute Gasteiger partial charge is 0.315 e. The number of fused-ring (bicyclic) bond motifs is 1. The number of nitrogens with zero attached hydrogens (tertiary/aromatic N) is 2. The van der Waals surface area contributed by atoms with Crippen molar-refractivity contribution in [3.8, 4) is 0 Å². The Balaban J connectivity index is 1.52. The van der Waals surface area contributed by atoms with Crippen molar-refractivity contribution in [1.29, 1.82) is 0 Å². The Morgan fingerprint density at radius 2 is 2.10 bits per heavy atom. The van der Waals surface area contributed by atoms with E-state index in [1.54, 1.807) is 15.9 Å². The van der Waals surface area contributed by atoms with Gasteiger partial charge in [0.25, 0.3) is 0 Å². The van der Waals surface area contributed by atoms with E-state index in [4.69, 9.17) is 0 Å². The monoisotopic (exact) mass is 286 g/mol. The highest BCUT2D eigenvalue weighted by Crippen LogP contribution is 2.07. The molecule has 0 aromatic carbocycles. The average molecular weight is 286 g/mol. The number of aromatic nitrogens is 2. The van der Waals surface area contributed by atoms with Crippen molar-refractivity contribution in [2.75, 3.05) is 0 Å². The molecule has 0 bridgehead atoms. The van der Waals surface area contributed by atoms with E-state index in [9.17, 15) is 4.79 Å². The lowest BCUT2D eigenvalue weighted by atomic mass is 10.3. The van der Waals surface area contributed by atoms with E-state index >= 15 is 0 Å². The SMILES string of the molecule is O=C(NCc1cc2ccccn2n1)NCc1cccs1. The molecule has 0 fully saturated rings. The van der Waals surface area contributed by atoms with E-state index in [0.29, 0.717) is 13.1 Å². The Hall–Kier alpha value is -2.34. The van der Waals surface area contributed by atoms with Crippen molar-refractivity contribution in [3.63, 3.8) is 0 Å². The number of pyridine rings is 1. The van der Waals surface area contributed by atoms with Gasteiger partial charge < -0.3 is 10.6 Å². The van der Waals surface area contributed by atoms with Crippen LogP contribution in [0.4, 0.5) is 4.79 Å². The lowest BCUT2D eigenvalue weighted by Crippen LogP contribution is -2.34. The number of carbonyl (C=O) groups is 1. The van der Waals surface area contributed by atoms with E-state index in [-0.39, 0.29) is 6.03 Å². The summed E-state index contributed by atoms with van der Waals surface area (Å²) in [5.74, 6) is 0. The summed E-state index contributed by atoms with van der Waals surface area (Å²) >= 11 is 1.62. The largest absolute Gasteiger partial charge is 0.333 e. The van der Waals surface area contributed by atoms with Gasteiger partial charge in [-0.15, -0.1) is 11.3 Å². The van der Waals surface area contributed by atoms with E-state index < -0.39 is 0 Å². The third kappa shape index (κ3) is 2.97. The van der Waals surface area contributed by atoms with Gasteiger partial charge in [0.05, 0.1) is 24.3 Å². The first-order valence-corrected chi connectivity index (χ1v) is 7.16. The van der Waals surface area contributed by atoms with E-state index in [2.05, 4.69) is 15.7 Å². The predicted molar refractivity (Wildman–Crippen MR) is 78.6 cm³/mol. The molecule has 20 heavy (non-hydrogen) atoms. The second kappa shape index (κ2) is 5.75. The Labute approximate surface area is 120 Å². The molecule has 3 rings (SSSR count). The number of hydrogen-bond donors (Lipinski definition) is 2. The van der Waals surface area contributed by atoms with Crippen LogP contribution in [0.5, 0.6) is 0 Å². The molecule has 102 valence electrons. The molecular formula is C14H14N4OS. The highest BCUT2D eigenvalue weighted by atomic mass is 32.1. The molecule has 0 saturated heterocycles. The van der Waals surface area contributed by atoms with Gasteiger partial charge in [-0.05, 0) is 29.6 Å². The van der Waals surface area contributed by atoms with Crippen LogP contribution in [0, 0.1) is 0 Å². The summed E-state index contributed by atoms with van der Waals surface area (Å²) in [4.78, 5) is 12.8. The quantitative estimate of drug-likeness (QED) is 0.773. The number of hydrogen-bond acceptors (Lipinski definition) is 3. The summed E-state index contributed by atoms with van der Waals surface area (Å²) in [6, 6.07) is 11.6. The van der Waals surface area contributed by atoms with E-state index in [0.717, 1.165) is 16.1 Å². The van der Waals surface area contributed by atoms with Crippen LogP contribution in [0.15, 0.2) is 48.0 Å². The summed E-state index contributed by atoms with van der Waals surface area (Å²) < 4.78 is 1.79. The average Bonchev–Trinajstić information content (AvgIpc) is 3.11. The van der Waals surface area contributed by atoms with Crippen molar-refractivity contribution in [2.45, 2.75) is 13.1 Å². The molecule has 3 aromatic heterocycles. The zero-order chi connectivity index (χ0) is 13.8. The summed E-state index contributed by atoms with van der Waals surface area (Å²) in [5.41, 5.74) is 1.85. The first-order chi connectivity index (χ1) is 9.81. The molecule has 0 spiro atoms. The van der Waals surface area contributed by atoms with Gasteiger partial charge in [0, 0.05) is 11.1 Å². The van der Waals surface area contributed by atoms with Crippen LogP contribution in [0.1, 0.15) is 10.6 Å². The fraction of sp³-hybridized carbons (Fsp3) is 0.143. The molecule has 0 unspecified atom stereocenters. The van der Waals surface area contributed by atoms with Gasteiger partial charge in [-0.1, -0.05) is 12.1 Å². The number of urea groups is 1. The van der Waals surface area contributed by atoms with Gasteiger partial charge in [-0.3, -0.25) is 0 Å². The van der Waals surface area contributed by atoms with Gasteiger partial charge in [0.2, 0.25) is 0 Å². The van der Waals surface area contributed by atoms with Crippen molar-refractivity contribution < 1.29 is 4.79 Å². The van der Waals surface area contributed by atoms with Crippen LogP contribution < -0.4 is 10.6 Å². The van der Waals surface area contributed by atoms with Crippen molar-refractivity contribution >= 4 is 22.9 Å². The van der Waals surface area contributed by atoms with Gasteiger partial charge >= 0.3 is 6.03 Å². The molecule has 0 radical (unpaired) electrons. The van der Waals surface area contributed by atoms with Crippen molar-refractivity contribution in [2.24, 2.45) is 0 Å². The zero-order valence-corrected chi connectivity index (χ0v) is 11.6. The normalized spacial score (nSPS) is 10.6. The molecule has 0 aliphatic rings. The third-order valence-corrected chi connectivity index (χ3v) is 3.73. The van der Waals surface area contributed by atoms with Crippen LogP contribution in [-0.2, 0) is 13.1 Å². The van der Waals surface area contributed by atoms with Gasteiger partial charge in [-0.25, -0.2) is 9.31 Å². The summed E-state index contributed by atoms with van der Waals surface area (Å²) in [7, 11) is 0. The third-order valence-electron chi connectivity index (χ3n) is 2.85. The fourth-order valence-electron chi connectivity index (χ4n) is 1.89. The second-order valence-corrected chi connectivity index (χ2v) is 5.35. The van der Waals surface area contributed by atoms with Gasteiger partial charge in [0.1, 0.15) is 0 Å². The molecule has 0 atom stereocenters. The summed E-state index contributed by atoms with van der Waals surface area (Å²) in [6.45, 7) is 0.965. The maximum absolute atomic E-state index is 11.7. The minimum absolute atomic E-state index is 0.185. The highest BCUT2D eigenvalue weighted by Gasteiger charge is 2.04. The molecule has 0 aliphatic heterocycles. The lowest BCUT2D eigenvalue weighted by molar-refractivity contribution is 0.240. The lowest BCUT2D eigenvalue weighted by Gasteiger charge is -2.04. The van der Waals surface area contributed by atoms with Crippen LogP contribution >= 0.6 is 11.3 Å². The zero-order valence-electron chi connectivity index (χ0n) is 10.7. The maximum Gasteiger partial charge on any atom is 0.315 e. The molecule has 2 amide bonds. The number of carbonyl (C=O) groups excluding carboxylic acids is 1. The molecule has 5 nitrogen and oxygen atoms in total. The Bertz CT molecular complexity index is 672. The van der Waals surface area contributed by atoms with E-state index in [1.807, 2.05) is 48.0 Å². The Kier molecular flexibility index (Phi) is 3.64. The van der Waals surface area contributed by atoms with Crippen molar-refractivity contribution in [3.05, 3.63) is 58.5 Å². The van der Waals surface area contributed by atoms with Gasteiger partial charge in [0.15, 0.2) is 0 Å². The second-order valence-electron chi connectivity index (χ2n) is 4.32. The Morgan fingerprint density at radius 1 is 1.20 bits per heavy atom.